The molecule has 1 aliphatic rings. The SMILES string of the molecule is COc1nc2c(ccn2COCC[Si](C)(C)C)cc1-c1cn(COCC[Si](C)(C)C)c2nc(NC(=O)[C@@H]3C[C@@H]3F)ccc12. The lowest BCUT2D eigenvalue weighted by Crippen LogP contribution is -2.22. The molecule has 0 radical (unpaired) electrons. The minimum Gasteiger partial charge on any atom is -0.480 e. The van der Waals surface area contributed by atoms with Gasteiger partial charge in [0.25, 0.3) is 0 Å². The fraction of sp³-hybridized carbons (Fsp3) is 0.516. The van der Waals surface area contributed by atoms with Crippen molar-refractivity contribution in [3.63, 3.8) is 0 Å². The summed E-state index contributed by atoms with van der Waals surface area (Å²) in [6.07, 6.45) is 3.18. The molecule has 1 amide bonds. The first kappa shape index (κ1) is 31.4. The Bertz CT molecular complexity index is 1610. The molecular formula is C31H44FN5O4Si2. The van der Waals surface area contributed by atoms with E-state index in [1.54, 1.807) is 13.2 Å². The summed E-state index contributed by atoms with van der Waals surface area (Å²) in [7, 11) is -0.801. The zero-order chi connectivity index (χ0) is 30.9. The van der Waals surface area contributed by atoms with E-state index in [4.69, 9.17) is 24.2 Å². The molecule has 4 aromatic rings. The van der Waals surface area contributed by atoms with Crippen molar-refractivity contribution in [2.24, 2.45) is 5.92 Å². The maximum Gasteiger partial charge on any atom is 0.231 e. The molecule has 232 valence electrons. The van der Waals surface area contributed by atoms with Crippen molar-refractivity contribution >= 4 is 49.9 Å². The van der Waals surface area contributed by atoms with E-state index in [0.717, 1.165) is 46.2 Å². The molecule has 0 saturated heterocycles. The van der Waals surface area contributed by atoms with Crippen molar-refractivity contribution in [2.75, 3.05) is 25.6 Å². The van der Waals surface area contributed by atoms with E-state index in [2.05, 4.69) is 50.7 Å². The smallest absolute Gasteiger partial charge is 0.231 e. The molecule has 43 heavy (non-hydrogen) atoms. The molecule has 2 atom stereocenters. The number of hydrogen-bond donors (Lipinski definition) is 1. The maximum absolute atomic E-state index is 13.5. The summed E-state index contributed by atoms with van der Waals surface area (Å²) in [4.78, 5) is 22.1. The van der Waals surface area contributed by atoms with Crippen LogP contribution in [0.4, 0.5) is 10.2 Å². The standard InChI is InChI=1S/C31H44FN5O4Si2/c1-39-31-23(16-21-10-11-36(28(21)35-31)19-40-12-14-42(2,3)4)25-18-37(20-41-13-15-43(5,6)7)29-22(25)8-9-27(33-29)34-30(38)24-17-26(24)32/h8-11,16,18,24,26H,12-15,17,19-20H2,1-7H3,(H,33,34,38)/t24-,26+/m1/s1. The average Bonchev–Trinajstić information content (AvgIpc) is 3.39. The highest BCUT2D eigenvalue weighted by atomic mass is 28.3. The van der Waals surface area contributed by atoms with Crippen LogP contribution < -0.4 is 10.1 Å². The number of carbonyl (C=O) groups excluding carboxylic acids is 1. The second-order valence-electron chi connectivity index (χ2n) is 13.9. The molecule has 1 saturated carbocycles. The Morgan fingerprint density at radius 2 is 1.60 bits per heavy atom. The van der Waals surface area contributed by atoms with Gasteiger partial charge in [-0.25, -0.2) is 9.37 Å². The number of anilines is 1. The topological polar surface area (TPSA) is 92.4 Å². The maximum atomic E-state index is 13.5. The Hall–Kier alpha value is -3.07. The van der Waals surface area contributed by atoms with Crippen molar-refractivity contribution in [3.8, 4) is 17.0 Å². The summed E-state index contributed by atoms with van der Waals surface area (Å²) in [6, 6.07) is 9.94. The molecule has 0 aromatic carbocycles. The summed E-state index contributed by atoms with van der Waals surface area (Å²) in [5, 5.41) is 4.62. The minimum atomic E-state index is -1.25. The molecule has 1 N–H and O–H groups in total. The van der Waals surface area contributed by atoms with E-state index >= 15 is 0 Å². The van der Waals surface area contributed by atoms with Crippen molar-refractivity contribution in [2.45, 2.75) is 77.4 Å². The molecule has 0 unspecified atom stereocenters. The predicted molar refractivity (Wildman–Crippen MR) is 175 cm³/mol. The molecule has 12 heteroatoms. The van der Waals surface area contributed by atoms with Gasteiger partial charge in [0.15, 0.2) is 0 Å². The van der Waals surface area contributed by atoms with Gasteiger partial charge >= 0.3 is 0 Å². The van der Waals surface area contributed by atoms with Gasteiger partial charge < -0.3 is 28.7 Å². The predicted octanol–water partition coefficient (Wildman–Crippen LogP) is 6.98. The lowest BCUT2D eigenvalue weighted by Gasteiger charge is -2.16. The normalized spacial score (nSPS) is 17.1. The first-order valence-corrected chi connectivity index (χ1v) is 22.4. The first-order chi connectivity index (χ1) is 20.3. The first-order valence-electron chi connectivity index (χ1n) is 15.0. The van der Waals surface area contributed by atoms with E-state index < -0.39 is 28.2 Å². The number of methoxy groups -OCH3 is 1. The zero-order valence-electron chi connectivity index (χ0n) is 26.4. The van der Waals surface area contributed by atoms with Crippen molar-refractivity contribution < 1.29 is 23.4 Å². The van der Waals surface area contributed by atoms with E-state index in [1.807, 2.05) is 33.7 Å². The third-order valence-corrected chi connectivity index (χ3v) is 11.1. The monoisotopic (exact) mass is 625 g/mol. The van der Waals surface area contributed by atoms with E-state index in [1.165, 1.54) is 0 Å². The van der Waals surface area contributed by atoms with Crippen molar-refractivity contribution in [1.29, 1.82) is 0 Å². The number of hydrogen-bond acceptors (Lipinski definition) is 6. The van der Waals surface area contributed by atoms with Gasteiger partial charge in [-0.1, -0.05) is 39.3 Å². The fourth-order valence-electron chi connectivity index (χ4n) is 4.83. The largest absolute Gasteiger partial charge is 0.480 e. The number of nitrogens with zero attached hydrogens (tertiary/aromatic N) is 4. The van der Waals surface area contributed by atoms with Crippen LogP contribution in [-0.4, -0.2) is 67.7 Å². The number of alkyl halides is 1. The van der Waals surface area contributed by atoms with Crippen LogP contribution in [0.25, 0.3) is 33.2 Å². The highest BCUT2D eigenvalue weighted by Gasteiger charge is 2.43. The molecule has 0 bridgehead atoms. The summed E-state index contributed by atoms with van der Waals surface area (Å²) < 4.78 is 35.3. The van der Waals surface area contributed by atoms with Crippen LogP contribution in [0, 0.1) is 5.92 Å². The van der Waals surface area contributed by atoms with Crippen LogP contribution >= 0.6 is 0 Å². The van der Waals surface area contributed by atoms with Gasteiger partial charge in [-0.2, -0.15) is 4.98 Å². The zero-order valence-corrected chi connectivity index (χ0v) is 28.4. The van der Waals surface area contributed by atoms with Crippen LogP contribution in [0.1, 0.15) is 6.42 Å². The molecule has 1 fully saturated rings. The molecular weight excluding hydrogens is 582 g/mol. The van der Waals surface area contributed by atoms with E-state index in [9.17, 15) is 9.18 Å². The number of nitrogens with one attached hydrogen (secondary N) is 1. The highest BCUT2D eigenvalue weighted by molar-refractivity contribution is 6.76. The molecule has 4 aromatic heterocycles. The van der Waals surface area contributed by atoms with Gasteiger partial charge in [-0.15, -0.1) is 0 Å². The quantitative estimate of drug-likeness (QED) is 0.120. The third kappa shape index (κ3) is 7.72. The fourth-order valence-corrected chi connectivity index (χ4v) is 6.35. The van der Waals surface area contributed by atoms with Crippen LogP contribution in [0.15, 0.2) is 36.7 Å². The molecule has 0 aliphatic heterocycles. The van der Waals surface area contributed by atoms with Gasteiger partial charge in [0.05, 0.1) is 13.0 Å². The Morgan fingerprint density at radius 1 is 0.953 bits per heavy atom. The Kier molecular flexibility index (Phi) is 9.12. The Labute approximate surface area is 254 Å². The lowest BCUT2D eigenvalue weighted by molar-refractivity contribution is -0.117. The Morgan fingerprint density at radius 3 is 2.21 bits per heavy atom. The molecule has 5 rings (SSSR count). The second-order valence-corrected chi connectivity index (χ2v) is 25.1. The number of fused-ring (bicyclic) bond motifs is 2. The van der Waals surface area contributed by atoms with Gasteiger partial charge in [0.2, 0.25) is 11.8 Å². The van der Waals surface area contributed by atoms with E-state index in [-0.39, 0.29) is 12.3 Å². The second kappa shape index (κ2) is 12.5. The lowest BCUT2D eigenvalue weighted by atomic mass is 10.1. The number of rotatable bonds is 14. The summed E-state index contributed by atoms with van der Waals surface area (Å²) >= 11 is 0. The summed E-state index contributed by atoms with van der Waals surface area (Å²) in [5.41, 5.74) is 3.17. The van der Waals surface area contributed by atoms with Crippen LogP contribution in [0.2, 0.25) is 51.4 Å². The highest BCUT2D eigenvalue weighted by Crippen LogP contribution is 2.38. The van der Waals surface area contributed by atoms with Gasteiger partial charge in [-0.3, -0.25) is 4.79 Å². The minimum absolute atomic E-state index is 0.265. The van der Waals surface area contributed by atoms with Crippen LogP contribution in [0.3, 0.4) is 0 Å². The van der Waals surface area contributed by atoms with Crippen molar-refractivity contribution in [3.05, 3.63) is 36.7 Å². The molecule has 0 spiro atoms. The number of halogens is 1. The van der Waals surface area contributed by atoms with Gasteiger partial charge in [0.1, 0.15) is 36.7 Å². The summed E-state index contributed by atoms with van der Waals surface area (Å²) in [5.74, 6) is -0.0519. The van der Waals surface area contributed by atoms with Gasteiger partial charge in [0, 0.05) is 63.7 Å². The molecule has 9 nitrogen and oxygen atoms in total. The number of amides is 1. The number of ether oxygens (including phenoxy) is 3. The van der Waals surface area contributed by atoms with E-state index in [0.29, 0.717) is 37.4 Å². The Balaban J connectivity index is 1.46. The van der Waals surface area contributed by atoms with Gasteiger partial charge in [-0.05, 0) is 42.8 Å². The van der Waals surface area contributed by atoms with Crippen molar-refractivity contribution in [1.82, 2.24) is 19.1 Å². The number of aromatic nitrogens is 4. The summed E-state index contributed by atoms with van der Waals surface area (Å²) in [6.45, 7) is 16.1. The number of carbonyl (C=O) groups is 1. The molecule has 4 heterocycles. The third-order valence-electron chi connectivity index (χ3n) is 7.66. The molecule has 1 aliphatic carbocycles. The number of pyridine rings is 2. The van der Waals surface area contributed by atoms with Crippen LogP contribution in [0.5, 0.6) is 5.88 Å². The average molecular weight is 626 g/mol. The van der Waals surface area contributed by atoms with Crippen LogP contribution in [-0.2, 0) is 27.7 Å².